The van der Waals surface area contributed by atoms with Crippen molar-refractivity contribution in [1.29, 1.82) is 0 Å². The van der Waals surface area contributed by atoms with Crippen LogP contribution in [0.25, 0.3) is 11.1 Å². The molecule has 18 heavy (non-hydrogen) atoms. The molecule has 1 aromatic carbocycles. The van der Waals surface area contributed by atoms with E-state index in [1.54, 1.807) is 13.3 Å². The Bertz CT molecular complexity index is 543. The van der Waals surface area contributed by atoms with Gasteiger partial charge in [0.15, 0.2) is 0 Å². The molecule has 94 valence electrons. The monoisotopic (exact) mass is 262 g/mol. The Morgan fingerprint density at radius 2 is 2.00 bits per heavy atom. The topological polar surface area (TPSA) is 34.2 Å². The van der Waals surface area contributed by atoms with Crippen molar-refractivity contribution in [1.82, 2.24) is 10.3 Å². The van der Waals surface area contributed by atoms with Gasteiger partial charge in [-0.1, -0.05) is 23.7 Å². The fraction of sp³-hybridized carbons (Fsp3) is 0.214. The van der Waals surface area contributed by atoms with E-state index in [9.17, 15) is 0 Å². The third-order valence-corrected chi connectivity index (χ3v) is 3.05. The molecule has 0 atom stereocenters. The molecule has 1 aromatic heterocycles. The summed E-state index contributed by atoms with van der Waals surface area (Å²) in [5.41, 5.74) is 3.18. The van der Waals surface area contributed by atoms with Gasteiger partial charge in [-0.25, -0.2) is 4.98 Å². The van der Waals surface area contributed by atoms with Crippen LogP contribution in [0.1, 0.15) is 5.56 Å². The van der Waals surface area contributed by atoms with Gasteiger partial charge in [-0.2, -0.15) is 0 Å². The SMILES string of the molecule is CNCc1ccc(-c2ccnc(OC)c2)cc1Cl. The van der Waals surface area contributed by atoms with Crippen molar-refractivity contribution in [2.75, 3.05) is 14.2 Å². The Balaban J connectivity index is 2.35. The average Bonchev–Trinajstić information content (AvgIpc) is 2.41. The number of nitrogens with one attached hydrogen (secondary N) is 1. The van der Waals surface area contributed by atoms with E-state index >= 15 is 0 Å². The Hall–Kier alpha value is -1.58. The van der Waals surface area contributed by atoms with E-state index in [4.69, 9.17) is 16.3 Å². The zero-order valence-electron chi connectivity index (χ0n) is 10.4. The van der Waals surface area contributed by atoms with Gasteiger partial charge in [-0.3, -0.25) is 0 Å². The zero-order valence-corrected chi connectivity index (χ0v) is 11.2. The van der Waals surface area contributed by atoms with Gasteiger partial charge in [-0.15, -0.1) is 0 Å². The molecule has 0 saturated heterocycles. The lowest BCUT2D eigenvalue weighted by molar-refractivity contribution is 0.398. The number of ether oxygens (including phenoxy) is 1. The standard InChI is InChI=1S/C14H15ClN2O/c1-16-9-12-4-3-10(7-13(12)15)11-5-6-17-14(8-11)18-2/h3-8,16H,9H2,1-2H3. The minimum Gasteiger partial charge on any atom is -0.481 e. The largest absolute Gasteiger partial charge is 0.481 e. The van der Waals surface area contributed by atoms with Crippen molar-refractivity contribution < 1.29 is 4.74 Å². The number of aromatic nitrogens is 1. The van der Waals surface area contributed by atoms with Gasteiger partial charge < -0.3 is 10.1 Å². The van der Waals surface area contributed by atoms with Crippen LogP contribution >= 0.6 is 11.6 Å². The molecular formula is C14H15ClN2O. The summed E-state index contributed by atoms with van der Waals surface area (Å²) >= 11 is 6.24. The maximum atomic E-state index is 6.24. The minimum atomic E-state index is 0.600. The van der Waals surface area contributed by atoms with E-state index in [2.05, 4.69) is 10.3 Å². The number of benzene rings is 1. The Kier molecular flexibility index (Phi) is 4.18. The molecule has 0 fully saturated rings. The summed E-state index contributed by atoms with van der Waals surface area (Å²) in [7, 11) is 3.51. The predicted molar refractivity (Wildman–Crippen MR) is 74.0 cm³/mol. The van der Waals surface area contributed by atoms with Crippen LogP contribution in [0.15, 0.2) is 36.5 Å². The minimum absolute atomic E-state index is 0.600. The van der Waals surface area contributed by atoms with Crippen molar-refractivity contribution >= 4 is 11.6 Å². The van der Waals surface area contributed by atoms with E-state index in [1.165, 1.54) is 0 Å². The summed E-state index contributed by atoms with van der Waals surface area (Å²) in [6.45, 7) is 0.763. The number of hydrogen-bond acceptors (Lipinski definition) is 3. The summed E-state index contributed by atoms with van der Waals surface area (Å²) in [5.74, 6) is 0.600. The molecule has 2 aromatic rings. The lowest BCUT2D eigenvalue weighted by atomic mass is 10.0. The number of halogens is 1. The normalized spacial score (nSPS) is 10.4. The summed E-state index contributed by atoms with van der Waals surface area (Å²) < 4.78 is 5.11. The Morgan fingerprint density at radius 1 is 1.22 bits per heavy atom. The van der Waals surface area contributed by atoms with Gasteiger partial charge >= 0.3 is 0 Å². The molecule has 1 heterocycles. The molecule has 2 rings (SSSR count). The molecule has 0 bridgehead atoms. The second-order valence-corrected chi connectivity index (χ2v) is 4.33. The maximum absolute atomic E-state index is 6.24. The van der Waals surface area contributed by atoms with E-state index in [0.29, 0.717) is 5.88 Å². The molecule has 0 radical (unpaired) electrons. The number of methoxy groups -OCH3 is 1. The molecule has 4 heteroatoms. The van der Waals surface area contributed by atoms with E-state index in [0.717, 1.165) is 28.3 Å². The van der Waals surface area contributed by atoms with Crippen molar-refractivity contribution in [3.63, 3.8) is 0 Å². The molecule has 0 unspecified atom stereocenters. The first-order chi connectivity index (χ1) is 8.74. The van der Waals surface area contributed by atoms with Crippen LogP contribution in [-0.4, -0.2) is 19.1 Å². The van der Waals surface area contributed by atoms with Crippen LogP contribution in [0.3, 0.4) is 0 Å². The molecule has 1 N–H and O–H groups in total. The smallest absolute Gasteiger partial charge is 0.213 e. The highest BCUT2D eigenvalue weighted by molar-refractivity contribution is 6.31. The van der Waals surface area contributed by atoms with Crippen LogP contribution in [0.5, 0.6) is 5.88 Å². The molecule has 0 aliphatic carbocycles. The highest BCUT2D eigenvalue weighted by Gasteiger charge is 2.04. The molecular weight excluding hydrogens is 248 g/mol. The van der Waals surface area contributed by atoms with Crippen LogP contribution in [0.4, 0.5) is 0 Å². The third-order valence-electron chi connectivity index (χ3n) is 2.70. The highest BCUT2D eigenvalue weighted by Crippen LogP contribution is 2.27. The van der Waals surface area contributed by atoms with Gasteiger partial charge in [0.2, 0.25) is 5.88 Å². The quantitative estimate of drug-likeness (QED) is 0.919. The first-order valence-electron chi connectivity index (χ1n) is 5.68. The van der Waals surface area contributed by atoms with Crippen LogP contribution in [-0.2, 0) is 6.54 Å². The van der Waals surface area contributed by atoms with Crippen molar-refractivity contribution in [3.05, 3.63) is 47.1 Å². The van der Waals surface area contributed by atoms with Gasteiger partial charge in [-0.05, 0) is 35.9 Å². The second-order valence-electron chi connectivity index (χ2n) is 3.92. The van der Waals surface area contributed by atoms with E-state index < -0.39 is 0 Å². The average molecular weight is 263 g/mol. The van der Waals surface area contributed by atoms with E-state index in [1.807, 2.05) is 37.4 Å². The van der Waals surface area contributed by atoms with Gasteiger partial charge in [0, 0.05) is 23.8 Å². The summed E-state index contributed by atoms with van der Waals surface area (Å²) in [4.78, 5) is 4.09. The predicted octanol–water partition coefficient (Wildman–Crippen LogP) is 3.13. The number of nitrogens with zero attached hydrogens (tertiary/aromatic N) is 1. The summed E-state index contributed by atoms with van der Waals surface area (Å²) in [6.07, 6.45) is 1.73. The van der Waals surface area contributed by atoms with Gasteiger partial charge in [0.25, 0.3) is 0 Å². The number of pyridine rings is 1. The maximum Gasteiger partial charge on any atom is 0.213 e. The summed E-state index contributed by atoms with van der Waals surface area (Å²) in [6, 6.07) is 9.87. The number of hydrogen-bond donors (Lipinski definition) is 1. The van der Waals surface area contributed by atoms with Crippen LogP contribution < -0.4 is 10.1 Å². The van der Waals surface area contributed by atoms with Gasteiger partial charge in [0.1, 0.15) is 0 Å². The fourth-order valence-electron chi connectivity index (χ4n) is 1.76. The molecule has 0 aliphatic rings. The molecule has 0 amide bonds. The molecule has 0 spiro atoms. The van der Waals surface area contributed by atoms with E-state index in [-0.39, 0.29) is 0 Å². The third kappa shape index (κ3) is 2.81. The van der Waals surface area contributed by atoms with Crippen LogP contribution in [0.2, 0.25) is 5.02 Å². The zero-order chi connectivity index (χ0) is 13.0. The lowest BCUT2D eigenvalue weighted by Gasteiger charge is -2.08. The Morgan fingerprint density at radius 3 is 2.67 bits per heavy atom. The molecule has 3 nitrogen and oxygen atoms in total. The number of rotatable bonds is 4. The lowest BCUT2D eigenvalue weighted by Crippen LogP contribution is -2.05. The van der Waals surface area contributed by atoms with Gasteiger partial charge in [0.05, 0.1) is 7.11 Å². The fourth-order valence-corrected chi connectivity index (χ4v) is 2.01. The second kappa shape index (κ2) is 5.85. The van der Waals surface area contributed by atoms with Crippen LogP contribution in [0, 0.1) is 0 Å². The molecule has 0 aliphatic heterocycles. The van der Waals surface area contributed by atoms with Crippen molar-refractivity contribution in [2.45, 2.75) is 6.54 Å². The van der Waals surface area contributed by atoms with Crippen molar-refractivity contribution in [3.8, 4) is 17.0 Å². The summed E-state index contributed by atoms with van der Waals surface area (Å²) in [5, 5.41) is 3.85. The highest BCUT2D eigenvalue weighted by atomic mass is 35.5. The Labute approximate surface area is 112 Å². The first-order valence-corrected chi connectivity index (χ1v) is 6.06. The first kappa shape index (κ1) is 12.9. The molecule has 0 saturated carbocycles. The van der Waals surface area contributed by atoms with Crippen molar-refractivity contribution in [2.24, 2.45) is 0 Å².